The molecule has 0 spiro atoms. The van der Waals surface area contributed by atoms with Crippen molar-refractivity contribution < 1.29 is 5.11 Å². The predicted molar refractivity (Wildman–Crippen MR) is 160 cm³/mol. The van der Waals surface area contributed by atoms with Gasteiger partial charge in [-0.3, -0.25) is 9.56 Å². The fourth-order valence-electron chi connectivity index (χ4n) is 9.18. The molecule has 6 heteroatoms. The molecule has 5 aliphatic carbocycles. The van der Waals surface area contributed by atoms with Crippen molar-refractivity contribution in [2.24, 2.45) is 22.7 Å². The number of benzene rings is 2. The lowest BCUT2D eigenvalue weighted by Gasteiger charge is -2.55. The first kappa shape index (κ1) is 25.5. The molecule has 2 heterocycles. The number of fused-ring (bicyclic) bond motifs is 2. The van der Waals surface area contributed by atoms with Crippen LogP contribution in [-0.4, -0.2) is 38.8 Å². The Bertz CT molecular complexity index is 1490. The predicted octanol–water partition coefficient (Wildman–Crippen LogP) is 5.32. The summed E-state index contributed by atoms with van der Waals surface area (Å²) in [5, 5.41) is 14.9. The van der Waals surface area contributed by atoms with Crippen molar-refractivity contribution in [3.05, 3.63) is 94.3 Å². The maximum atomic E-state index is 11.2. The first-order valence-electron chi connectivity index (χ1n) is 15.9. The summed E-state index contributed by atoms with van der Waals surface area (Å²) in [5.41, 5.74) is 5.93. The van der Waals surface area contributed by atoms with Crippen LogP contribution in [0.25, 0.3) is 5.57 Å². The maximum absolute atomic E-state index is 11.2. The number of allylic oxidation sites excluding steroid dienone is 2. The van der Waals surface area contributed by atoms with Crippen molar-refractivity contribution in [3.8, 4) is 0 Å². The van der Waals surface area contributed by atoms with E-state index in [0.29, 0.717) is 24.8 Å². The molecule has 0 unspecified atom stereocenters. The number of nitrogens with one attached hydrogen (secondary N) is 1. The van der Waals surface area contributed by atoms with Crippen LogP contribution in [0.5, 0.6) is 0 Å². The van der Waals surface area contributed by atoms with Crippen molar-refractivity contribution in [3.63, 3.8) is 0 Å². The summed E-state index contributed by atoms with van der Waals surface area (Å²) in [4.78, 5) is 15.6. The molecule has 6 nitrogen and oxygen atoms in total. The molecule has 1 aliphatic heterocycles. The quantitative estimate of drug-likeness (QED) is 0.375. The molecular formula is C35H41N5O. The maximum Gasteiger partial charge on any atom is 0.228 e. The highest BCUT2D eigenvalue weighted by molar-refractivity contribution is 5.67. The standard InChI is InChI=1S/C35H41N5O/c41-31-22-40-32(30(31)16-23-7-2-1-3-8-23)38-33(35-19-24-13-25(20-35)15-26(14-24)21-35)39-34(40)37-12-6-11-36-29-17-27-9-4-5-10-28(27)18-29/h1-5,7-10,24-26,29,36,41H,6,11-22H2. The third kappa shape index (κ3) is 4.74. The minimum Gasteiger partial charge on any atom is -0.510 e. The van der Waals surface area contributed by atoms with Gasteiger partial charge < -0.3 is 10.4 Å². The van der Waals surface area contributed by atoms with Gasteiger partial charge in [-0.15, -0.1) is 0 Å². The molecule has 4 fully saturated rings. The van der Waals surface area contributed by atoms with Crippen molar-refractivity contribution in [1.82, 2.24) is 19.9 Å². The zero-order valence-corrected chi connectivity index (χ0v) is 23.9. The lowest BCUT2D eigenvalue weighted by Crippen LogP contribution is -2.50. The van der Waals surface area contributed by atoms with Gasteiger partial charge in [0.05, 0.1) is 6.54 Å². The Hall–Kier alpha value is -3.25. The van der Waals surface area contributed by atoms with E-state index in [-0.39, 0.29) is 5.41 Å². The fraction of sp³-hybridized carbons (Fsp3) is 0.514. The second-order valence-electron chi connectivity index (χ2n) is 13.6. The van der Waals surface area contributed by atoms with Crippen LogP contribution in [0.3, 0.4) is 0 Å². The first-order chi connectivity index (χ1) is 20.1. The molecule has 0 saturated heterocycles. The Kier molecular flexibility index (Phi) is 6.35. The normalized spacial score (nSPS) is 28.5. The number of hydrogen-bond donors (Lipinski definition) is 2. The van der Waals surface area contributed by atoms with E-state index < -0.39 is 0 Å². The average molecular weight is 548 g/mol. The van der Waals surface area contributed by atoms with Gasteiger partial charge in [0.2, 0.25) is 5.62 Å². The Morgan fingerprint density at radius 2 is 1.54 bits per heavy atom. The van der Waals surface area contributed by atoms with E-state index in [1.54, 1.807) is 0 Å². The largest absolute Gasteiger partial charge is 0.510 e. The Balaban J connectivity index is 1.06. The lowest BCUT2D eigenvalue weighted by molar-refractivity contribution is -0.00981. The summed E-state index contributed by atoms with van der Waals surface area (Å²) in [6.07, 6.45) is 11.7. The molecule has 2 aromatic carbocycles. The number of nitrogens with zero attached hydrogens (tertiary/aromatic N) is 4. The van der Waals surface area contributed by atoms with Gasteiger partial charge in [-0.2, -0.15) is 4.98 Å². The van der Waals surface area contributed by atoms with Gasteiger partial charge >= 0.3 is 0 Å². The van der Waals surface area contributed by atoms with Crippen molar-refractivity contribution in [2.75, 3.05) is 13.1 Å². The molecule has 2 N–H and O–H groups in total. The summed E-state index contributed by atoms with van der Waals surface area (Å²) < 4.78 is 2.07. The van der Waals surface area contributed by atoms with Crippen molar-refractivity contribution in [2.45, 2.75) is 82.2 Å². The minimum atomic E-state index is 0.0870. The van der Waals surface area contributed by atoms with Crippen LogP contribution in [-0.2, 0) is 31.2 Å². The van der Waals surface area contributed by atoms with Gasteiger partial charge in [-0.05, 0) is 98.8 Å². The second kappa shape index (κ2) is 10.2. The molecule has 9 rings (SSSR count). The lowest BCUT2D eigenvalue weighted by atomic mass is 9.49. The topological polar surface area (TPSA) is 75.3 Å². The molecule has 1 aromatic heterocycles. The van der Waals surface area contributed by atoms with Gasteiger partial charge in [-0.1, -0.05) is 54.6 Å². The van der Waals surface area contributed by atoms with E-state index in [1.807, 2.05) is 6.07 Å². The SMILES string of the molecule is OC1=C(Cc2ccccc2)c2nc(C34CC5CC(CC(C5)C3)C4)nc(=NCCCNC3Cc4ccccc4C3)n2C1. The smallest absolute Gasteiger partial charge is 0.228 e. The van der Waals surface area contributed by atoms with Crippen LogP contribution in [0.4, 0.5) is 0 Å². The summed E-state index contributed by atoms with van der Waals surface area (Å²) in [6, 6.07) is 19.8. The van der Waals surface area contributed by atoms with Crippen molar-refractivity contribution >= 4 is 5.57 Å². The molecule has 0 atom stereocenters. The molecule has 0 amide bonds. The van der Waals surface area contributed by atoms with Gasteiger partial charge in [0, 0.05) is 30.0 Å². The highest BCUT2D eigenvalue weighted by atomic mass is 16.3. The number of rotatable bonds is 8. The van der Waals surface area contributed by atoms with Gasteiger partial charge in [0.25, 0.3) is 0 Å². The monoisotopic (exact) mass is 547 g/mol. The summed E-state index contributed by atoms with van der Waals surface area (Å²) in [6.45, 7) is 2.08. The van der Waals surface area contributed by atoms with E-state index in [9.17, 15) is 5.11 Å². The highest BCUT2D eigenvalue weighted by Crippen LogP contribution is 2.60. The minimum absolute atomic E-state index is 0.0870. The number of aromatic nitrogens is 3. The van der Waals surface area contributed by atoms with Crippen LogP contribution >= 0.6 is 0 Å². The highest BCUT2D eigenvalue weighted by Gasteiger charge is 2.53. The van der Waals surface area contributed by atoms with E-state index in [1.165, 1.54) is 55.2 Å². The number of hydrogen-bond acceptors (Lipinski definition) is 5. The summed E-state index contributed by atoms with van der Waals surface area (Å²) in [7, 11) is 0. The average Bonchev–Trinajstić information content (AvgIpc) is 3.53. The third-order valence-corrected chi connectivity index (χ3v) is 10.6. The van der Waals surface area contributed by atoms with Crippen LogP contribution < -0.4 is 10.9 Å². The zero-order chi connectivity index (χ0) is 27.4. The molecule has 41 heavy (non-hydrogen) atoms. The number of aliphatic hydroxyl groups is 1. The Labute approximate surface area is 242 Å². The van der Waals surface area contributed by atoms with Crippen LogP contribution in [0.1, 0.15) is 73.3 Å². The van der Waals surface area contributed by atoms with Gasteiger partial charge in [0.1, 0.15) is 17.4 Å². The molecular weight excluding hydrogens is 506 g/mol. The van der Waals surface area contributed by atoms with Crippen LogP contribution in [0.2, 0.25) is 0 Å². The molecule has 6 aliphatic rings. The number of aliphatic hydroxyl groups excluding tert-OH is 1. The van der Waals surface area contributed by atoms with E-state index >= 15 is 0 Å². The van der Waals surface area contributed by atoms with E-state index in [0.717, 1.165) is 72.9 Å². The first-order valence-corrected chi connectivity index (χ1v) is 15.9. The summed E-state index contributed by atoms with van der Waals surface area (Å²) >= 11 is 0. The molecule has 4 saturated carbocycles. The fourth-order valence-corrected chi connectivity index (χ4v) is 9.18. The molecule has 212 valence electrons. The van der Waals surface area contributed by atoms with Crippen LogP contribution in [0.15, 0.2) is 65.3 Å². The van der Waals surface area contributed by atoms with E-state index in [2.05, 4.69) is 58.4 Å². The van der Waals surface area contributed by atoms with Crippen molar-refractivity contribution in [1.29, 1.82) is 0 Å². The summed E-state index contributed by atoms with van der Waals surface area (Å²) in [5.74, 6) is 4.77. The van der Waals surface area contributed by atoms with E-state index in [4.69, 9.17) is 15.0 Å². The molecule has 0 radical (unpaired) electrons. The zero-order valence-electron chi connectivity index (χ0n) is 23.9. The molecule has 4 bridgehead atoms. The Morgan fingerprint density at radius 1 is 0.878 bits per heavy atom. The van der Waals surface area contributed by atoms with Gasteiger partial charge in [0.15, 0.2) is 0 Å². The second-order valence-corrected chi connectivity index (χ2v) is 13.6. The van der Waals surface area contributed by atoms with Gasteiger partial charge in [-0.25, -0.2) is 4.98 Å². The molecule has 3 aromatic rings. The van der Waals surface area contributed by atoms with Crippen LogP contribution in [0, 0.1) is 17.8 Å². The third-order valence-electron chi connectivity index (χ3n) is 10.6. The Morgan fingerprint density at radius 3 is 2.22 bits per heavy atom.